The van der Waals surface area contributed by atoms with Gasteiger partial charge < -0.3 is 15.0 Å². The molecule has 0 saturated heterocycles. The quantitative estimate of drug-likeness (QED) is 0.607. The summed E-state index contributed by atoms with van der Waals surface area (Å²) < 4.78 is 5.64. The first-order valence-electron chi connectivity index (χ1n) is 7.44. The number of rotatable bonds is 10. The van der Waals surface area contributed by atoms with Gasteiger partial charge in [0.1, 0.15) is 0 Å². The second kappa shape index (κ2) is 8.13. The van der Waals surface area contributed by atoms with E-state index in [1.165, 1.54) is 19.3 Å². The van der Waals surface area contributed by atoms with Crippen LogP contribution in [0.5, 0.6) is 0 Å². The first-order chi connectivity index (χ1) is 8.47. The third-order valence-electron chi connectivity index (χ3n) is 3.39. The Bertz CT molecular complexity index is 209. The van der Waals surface area contributed by atoms with E-state index < -0.39 is 0 Å². The molecule has 0 heterocycles. The molecule has 1 N–H and O–H groups in total. The first-order valence-corrected chi connectivity index (χ1v) is 7.44. The minimum absolute atomic E-state index is 0.440. The lowest BCUT2D eigenvalue weighted by Crippen LogP contribution is -2.32. The van der Waals surface area contributed by atoms with Crippen LogP contribution in [0.2, 0.25) is 0 Å². The smallest absolute Gasteiger partial charge is 0.0593 e. The van der Waals surface area contributed by atoms with Gasteiger partial charge in [-0.15, -0.1) is 0 Å². The molecule has 0 atom stereocenters. The average molecular weight is 256 g/mol. The Morgan fingerprint density at radius 3 is 2.50 bits per heavy atom. The van der Waals surface area contributed by atoms with Crippen LogP contribution in [0.15, 0.2) is 0 Å². The van der Waals surface area contributed by atoms with Gasteiger partial charge >= 0.3 is 0 Å². The Kier molecular flexibility index (Phi) is 7.20. The van der Waals surface area contributed by atoms with Crippen LogP contribution in [0.1, 0.15) is 40.0 Å². The van der Waals surface area contributed by atoms with Gasteiger partial charge in [0.25, 0.3) is 0 Å². The van der Waals surface area contributed by atoms with Crippen molar-refractivity contribution in [3.8, 4) is 0 Å². The molecular formula is C15H32N2O. The summed E-state index contributed by atoms with van der Waals surface area (Å²) >= 11 is 0. The number of ether oxygens (including phenoxy) is 1. The molecule has 0 aliphatic heterocycles. The fourth-order valence-corrected chi connectivity index (χ4v) is 1.73. The molecule has 1 saturated carbocycles. The normalized spacial score (nSPS) is 16.5. The van der Waals surface area contributed by atoms with Crippen LogP contribution in [0, 0.1) is 11.3 Å². The van der Waals surface area contributed by atoms with Crippen LogP contribution in [-0.4, -0.2) is 51.3 Å². The fourth-order valence-electron chi connectivity index (χ4n) is 1.73. The molecule has 1 aliphatic rings. The summed E-state index contributed by atoms with van der Waals surface area (Å²) in [7, 11) is 2.17. The van der Waals surface area contributed by atoms with Gasteiger partial charge in [-0.2, -0.15) is 0 Å². The van der Waals surface area contributed by atoms with Crippen LogP contribution in [0.3, 0.4) is 0 Å². The van der Waals surface area contributed by atoms with E-state index in [-0.39, 0.29) is 0 Å². The molecule has 0 unspecified atom stereocenters. The van der Waals surface area contributed by atoms with Crippen LogP contribution in [-0.2, 0) is 4.74 Å². The van der Waals surface area contributed by atoms with Crippen LogP contribution < -0.4 is 5.32 Å². The van der Waals surface area contributed by atoms with Crippen molar-refractivity contribution < 1.29 is 4.74 Å². The number of nitrogens with one attached hydrogen (secondary N) is 1. The molecule has 0 radical (unpaired) electrons. The topological polar surface area (TPSA) is 24.5 Å². The Hall–Kier alpha value is -0.120. The molecule has 0 aromatic rings. The molecule has 0 amide bonds. The predicted molar refractivity (Wildman–Crippen MR) is 78.0 cm³/mol. The summed E-state index contributed by atoms with van der Waals surface area (Å²) in [6.45, 7) is 13.1. The van der Waals surface area contributed by atoms with Gasteiger partial charge in [0.05, 0.1) is 6.61 Å². The molecule has 1 rings (SSSR count). The highest BCUT2D eigenvalue weighted by atomic mass is 16.5. The fraction of sp³-hybridized carbons (Fsp3) is 1.00. The molecule has 3 heteroatoms. The van der Waals surface area contributed by atoms with Gasteiger partial charge in [-0.3, -0.25) is 0 Å². The molecular weight excluding hydrogens is 224 g/mol. The van der Waals surface area contributed by atoms with E-state index in [0.29, 0.717) is 5.41 Å². The van der Waals surface area contributed by atoms with E-state index in [1.807, 2.05) is 0 Å². The maximum absolute atomic E-state index is 5.64. The van der Waals surface area contributed by atoms with E-state index >= 15 is 0 Å². The maximum atomic E-state index is 5.64. The summed E-state index contributed by atoms with van der Waals surface area (Å²) in [5.74, 6) is 0.884. The third-order valence-corrected chi connectivity index (χ3v) is 3.39. The minimum atomic E-state index is 0.440. The van der Waals surface area contributed by atoms with Gasteiger partial charge in [-0.25, -0.2) is 0 Å². The maximum Gasteiger partial charge on any atom is 0.0593 e. The Morgan fingerprint density at radius 1 is 1.17 bits per heavy atom. The van der Waals surface area contributed by atoms with E-state index in [2.05, 4.69) is 38.0 Å². The highest BCUT2D eigenvalue weighted by Crippen LogP contribution is 2.28. The Labute approximate surface area is 113 Å². The summed E-state index contributed by atoms with van der Waals surface area (Å²) in [6.07, 6.45) is 4.00. The molecule has 0 aromatic heterocycles. The van der Waals surface area contributed by atoms with E-state index in [1.54, 1.807) is 0 Å². The molecule has 3 nitrogen and oxygen atoms in total. The summed E-state index contributed by atoms with van der Waals surface area (Å²) in [5.41, 5.74) is 0.440. The van der Waals surface area contributed by atoms with Gasteiger partial charge in [0.15, 0.2) is 0 Å². The number of hydrogen-bond donors (Lipinski definition) is 1. The third kappa shape index (κ3) is 9.86. The van der Waals surface area contributed by atoms with Gasteiger partial charge in [0, 0.05) is 26.2 Å². The first kappa shape index (κ1) is 15.9. The number of likely N-dealkylation sites (N-methyl/N-ethyl adjacent to an activating group) is 1. The monoisotopic (exact) mass is 256 g/mol. The van der Waals surface area contributed by atoms with Crippen molar-refractivity contribution in [2.24, 2.45) is 11.3 Å². The van der Waals surface area contributed by atoms with Crippen molar-refractivity contribution in [1.29, 1.82) is 0 Å². The van der Waals surface area contributed by atoms with E-state index in [0.717, 1.165) is 45.3 Å². The van der Waals surface area contributed by atoms with Crippen LogP contribution in [0.25, 0.3) is 0 Å². The SMILES string of the molecule is CN(CCNCCC(C)(C)C)CCOCC1CC1. The van der Waals surface area contributed by atoms with Crippen molar-refractivity contribution in [1.82, 2.24) is 10.2 Å². The van der Waals surface area contributed by atoms with Crippen LogP contribution in [0.4, 0.5) is 0 Å². The lowest BCUT2D eigenvalue weighted by Gasteiger charge is -2.20. The van der Waals surface area contributed by atoms with E-state index in [9.17, 15) is 0 Å². The van der Waals surface area contributed by atoms with Crippen molar-refractivity contribution in [2.45, 2.75) is 40.0 Å². The summed E-state index contributed by atoms with van der Waals surface area (Å²) in [6, 6.07) is 0. The average Bonchev–Trinajstić information content (AvgIpc) is 3.06. The van der Waals surface area contributed by atoms with E-state index in [4.69, 9.17) is 4.74 Å². The number of nitrogens with zero attached hydrogens (tertiary/aromatic N) is 1. The zero-order valence-electron chi connectivity index (χ0n) is 12.8. The van der Waals surface area contributed by atoms with Gasteiger partial charge in [0.2, 0.25) is 0 Å². The Morgan fingerprint density at radius 2 is 1.89 bits per heavy atom. The van der Waals surface area contributed by atoms with Gasteiger partial charge in [-0.1, -0.05) is 20.8 Å². The highest BCUT2D eigenvalue weighted by molar-refractivity contribution is 4.72. The lowest BCUT2D eigenvalue weighted by molar-refractivity contribution is 0.104. The zero-order valence-corrected chi connectivity index (χ0v) is 12.8. The number of hydrogen-bond acceptors (Lipinski definition) is 3. The molecule has 18 heavy (non-hydrogen) atoms. The molecule has 0 spiro atoms. The van der Waals surface area contributed by atoms with Gasteiger partial charge in [-0.05, 0) is 44.2 Å². The summed E-state index contributed by atoms with van der Waals surface area (Å²) in [5, 5.41) is 3.51. The molecule has 1 aliphatic carbocycles. The second-order valence-electron chi connectivity index (χ2n) is 6.88. The lowest BCUT2D eigenvalue weighted by atomic mass is 9.92. The Balaban J connectivity index is 1.82. The molecule has 0 bridgehead atoms. The standard InChI is InChI=1S/C15H32N2O/c1-15(2,3)7-8-16-9-10-17(4)11-12-18-13-14-5-6-14/h14,16H,5-13H2,1-4H3. The second-order valence-corrected chi connectivity index (χ2v) is 6.88. The van der Waals surface area contributed by atoms with Crippen molar-refractivity contribution in [3.63, 3.8) is 0 Å². The van der Waals surface area contributed by atoms with Crippen molar-refractivity contribution in [3.05, 3.63) is 0 Å². The van der Waals surface area contributed by atoms with Crippen LogP contribution >= 0.6 is 0 Å². The predicted octanol–water partition coefficient (Wildman–Crippen LogP) is 2.37. The molecule has 0 aromatic carbocycles. The highest BCUT2D eigenvalue weighted by Gasteiger charge is 2.20. The molecule has 108 valence electrons. The zero-order chi connectivity index (χ0) is 13.4. The van der Waals surface area contributed by atoms with Crippen molar-refractivity contribution in [2.75, 3.05) is 46.4 Å². The van der Waals surface area contributed by atoms with Crippen molar-refractivity contribution >= 4 is 0 Å². The summed E-state index contributed by atoms with van der Waals surface area (Å²) in [4.78, 5) is 2.34. The molecule has 1 fully saturated rings. The minimum Gasteiger partial charge on any atom is -0.380 e. The largest absolute Gasteiger partial charge is 0.380 e.